The van der Waals surface area contributed by atoms with Gasteiger partial charge >= 0.3 is 0 Å². The topological polar surface area (TPSA) is 38.7 Å². The molecule has 2 aromatic heterocycles. The van der Waals surface area contributed by atoms with E-state index in [-0.39, 0.29) is 0 Å². The number of hydrogen-bond acceptors (Lipinski definition) is 4. The lowest BCUT2D eigenvalue weighted by Crippen LogP contribution is -2.00. The Hall–Kier alpha value is -5.45. The Morgan fingerprint density at radius 1 is 0.372 bits per heavy atom. The summed E-state index contributed by atoms with van der Waals surface area (Å²) in [5, 5.41) is 9.92. The minimum atomic E-state index is 0.669. The first-order chi connectivity index (χ1) is 21.3. The van der Waals surface area contributed by atoms with Gasteiger partial charge in [0.15, 0.2) is 17.5 Å². The third-order valence-electron chi connectivity index (χ3n) is 8.31. The molecule has 0 unspecified atom stereocenters. The summed E-state index contributed by atoms with van der Waals surface area (Å²) < 4.78 is 2.45. The van der Waals surface area contributed by atoms with Crippen LogP contribution in [0.3, 0.4) is 0 Å². The average Bonchev–Trinajstić information content (AvgIpc) is 3.47. The van der Waals surface area contributed by atoms with Crippen LogP contribution in [0.1, 0.15) is 0 Å². The Balaban J connectivity index is 1.26. The van der Waals surface area contributed by atoms with E-state index in [0.717, 1.165) is 22.1 Å². The second-order valence-electron chi connectivity index (χ2n) is 10.8. The van der Waals surface area contributed by atoms with Crippen molar-refractivity contribution in [2.45, 2.75) is 0 Å². The molecule has 0 aliphatic heterocycles. The highest BCUT2D eigenvalue weighted by atomic mass is 32.1. The molecule has 3 nitrogen and oxygen atoms in total. The van der Waals surface area contributed by atoms with Gasteiger partial charge in [0.2, 0.25) is 0 Å². The van der Waals surface area contributed by atoms with Gasteiger partial charge in [0, 0.05) is 36.9 Å². The van der Waals surface area contributed by atoms with E-state index >= 15 is 0 Å². The van der Waals surface area contributed by atoms with E-state index < -0.39 is 0 Å². The smallest absolute Gasteiger partial charge is 0.165 e. The number of nitrogens with zero attached hydrogens (tertiary/aromatic N) is 3. The van der Waals surface area contributed by atoms with Crippen molar-refractivity contribution in [2.24, 2.45) is 0 Å². The van der Waals surface area contributed by atoms with Crippen LogP contribution in [0.2, 0.25) is 0 Å². The maximum atomic E-state index is 5.11. The Morgan fingerprint density at radius 3 is 1.86 bits per heavy atom. The summed E-state index contributed by atoms with van der Waals surface area (Å²) >= 11 is 1.79. The van der Waals surface area contributed by atoms with Gasteiger partial charge in [-0.1, -0.05) is 121 Å². The van der Waals surface area contributed by atoms with Gasteiger partial charge in [0.1, 0.15) is 0 Å². The van der Waals surface area contributed by atoms with Crippen molar-refractivity contribution in [1.29, 1.82) is 0 Å². The number of hydrogen-bond donors (Lipinski definition) is 0. The molecule has 43 heavy (non-hydrogen) atoms. The third-order valence-corrected chi connectivity index (χ3v) is 9.53. The Labute approximate surface area is 251 Å². The summed E-state index contributed by atoms with van der Waals surface area (Å²) in [4.78, 5) is 15.2. The lowest BCUT2D eigenvalue weighted by molar-refractivity contribution is 1.08. The predicted octanol–water partition coefficient (Wildman–Crippen LogP) is 10.7. The van der Waals surface area contributed by atoms with Gasteiger partial charge in [0.25, 0.3) is 0 Å². The quantitative estimate of drug-likeness (QED) is 0.200. The average molecular weight is 566 g/mol. The van der Waals surface area contributed by atoms with Crippen LogP contribution in [0.15, 0.2) is 140 Å². The molecular formula is C39H23N3S. The highest BCUT2D eigenvalue weighted by Gasteiger charge is 2.17. The zero-order valence-corrected chi connectivity index (χ0v) is 23.8. The minimum Gasteiger partial charge on any atom is -0.208 e. The molecule has 200 valence electrons. The molecule has 0 spiro atoms. The molecule has 0 saturated heterocycles. The summed E-state index contributed by atoms with van der Waals surface area (Å²) in [6.07, 6.45) is 0. The van der Waals surface area contributed by atoms with E-state index in [9.17, 15) is 0 Å². The zero-order chi connectivity index (χ0) is 28.3. The highest BCUT2D eigenvalue weighted by Crippen LogP contribution is 2.40. The van der Waals surface area contributed by atoms with Crippen LogP contribution in [0.4, 0.5) is 0 Å². The minimum absolute atomic E-state index is 0.669. The summed E-state index contributed by atoms with van der Waals surface area (Å²) in [5.41, 5.74) is 2.96. The zero-order valence-electron chi connectivity index (χ0n) is 23.0. The molecular weight excluding hydrogens is 543 g/mol. The molecule has 9 aromatic rings. The molecule has 0 saturated carbocycles. The summed E-state index contributed by atoms with van der Waals surface area (Å²) in [6, 6.07) is 49.2. The van der Waals surface area contributed by atoms with Gasteiger partial charge in [-0.05, 0) is 50.5 Å². The fraction of sp³-hybridized carbons (Fsp3) is 0. The van der Waals surface area contributed by atoms with Gasteiger partial charge < -0.3 is 0 Å². The summed E-state index contributed by atoms with van der Waals surface area (Å²) in [5.74, 6) is 2.03. The van der Waals surface area contributed by atoms with Gasteiger partial charge in [-0.25, -0.2) is 15.0 Å². The van der Waals surface area contributed by atoms with E-state index in [1.807, 2.05) is 18.2 Å². The molecule has 0 amide bonds. The number of thiophene rings is 1. The van der Waals surface area contributed by atoms with Crippen molar-refractivity contribution in [3.63, 3.8) is 0 Å². The van der Waals surface area contributed by atoms with Crippen LogP contribution < -0.4 is 0 Å². The fourth-order valence-electron chi connectivity index (χ4n) is 6.23. The lowest BCUT2D eigenvalue weighted by Gasteiger charge is -2.11. The predicted molar refractivity (Wildman–Crippen MR) is 182 cm³/mol. The second-order valence-corrected chi connectivity index (χ2v) is 11.9. The van der Waals surface area contributed by atoms with Crippen LogP contribution in [0, 0.1) is 0 Å². The van der Waals surface area contributed by atoms with Gasteiger partial charge in [0.05, 0.1) is 0 Å². The molecule has 0 atom stereocenters. The van der Waals surface area contributed by atoms with E-state index in [1.165, 1.54) is 47.1 Å². The SMILES string of the molecule is c1ccc(-c2nc(-c3ccc4c(ccc5c6ccccc6ccc45)c3)nc(-c3cccc4c3sc3ccccc34)n2)cc1. The van der Waals surface area contributed by atoms with Gasteiger partial charge in [-0.2, -0.15) is 0 Å². The van der Waals surface area contributed by atoms with Crippen LogP contribution in [-0.4, -0.2) is 15.0 Å². The van der Waals surface area contributed by atoms with Gasteiger partial charge in [-0.15, -0.1) is 11.3 Å². The summed E-state index contributed by atoms with van der Waals surface area (Å²) in [7, 11) is 0. The largest absolute Gasteiger partial charge is 0.208 e. The molecule has 7 aromatic carbocycles. The first-order valence-electron chi connectivity index (χ1n) is 14.4. The summed E-state index contributed by atoms with van der Waals surface area (Å²) in [6.45, 7) is 0. The number of aromatic nitrogens is 3. The van der Waals surface area contributed by atoms with E-state index in [0.29, 0.717) is 17.5 Å². The second kappa shape index (κ2) is 9.55. The molecule has 0 bridgehead atoms. The Kier molecular flexibility index (Phi) is 5.37. The van der Waals surface area contributed by atoms with Crippen molar-refractivity contribution < 1.29 is 0 Å². The Bertz CT molecular complexity index is 2510. The Morgan fingerprint density at radius 2 is 1.00 bits per heavy atom. The van der Waals surface area contributed by atoms with Crippen molar-refractivity contribution in [2.75, 3.05) is 0 Å². The van der Waals surface area contributed by atoms with Crippen LogP contribution in [-0.2, 0) is 0 Å². The molecule has 0 aliphatic carbocycles. The number of fused-ring (bicyclic) bond motifs is 8. The first-order valence-corrected chi connectivity index (χ1v) is 15.2. The van der Waals surface area contributed by atoms with Crippen LogP contribution in [0.25, 0.3) is 86.7 Å². The van der Waals surface area contributed by atoms with Gasteiger partial charge in [-0.3, -0.25) is 0 Å². The van der Waals surface area contributed by atoms with Crippen molar-refractivity contribution >= 4 is 63.8 Å². The highest BCUT2D eigenvalue weighted by molar-refractivity contribution is 7.26. The molecule has 0 fully saturated rings. The first kappa shape index (κ1) is 24.2. The van der Waals surface area contributed by atoms with E-state index in [2.05, 4.69) is 121 Å². The number of benzene rings is 7. The van der Waals surface area contributed by atoms with Crippen molar-refractivity contribution in [1.82, 2.24) is 15.0 Å². The molecule has 0 aliphatic rings. The standard InChI is InChI=1S/C39H23N3S/c1-2-10-25(11-3-1)37-40-38(42-39(41-37)34-15-8-14-33-32-13-6-7-16-35(32)43-36(33)34)27-19-20-29-26(23-27)18-22-30-28-12-5-4-9-24(28)17-21-31(29)30/h1-23H. The molecule has 9 rings (SSSR count). The van der Waals surface area contributed by atoms with Crippen LogP contribution in [0.5, 0.6) is 0 Å². The molecule has 2 heterocycles. The maximum absolute atomic E-state index is 5.11. The maximum Gasteiger partial charge on any atom is 0.165 e. The molecule has 0 radical (unpaired) electrons. The monoisotopic (exact) mass is 565 g/mol. The van der Waals surface area contributed by atoms with Crippen molar-refractivity contribution in [3.8, 4) is 34.2 Å². The lowest BCUT2D eigenvalue weighted by atomic mass is 9.96. The third kappa shape index (κ3) is 3.92. The molecule has 4 heteroatoms. The normalized spacial score (nSPS) is 11.7. The van der Waals surface area contributed by atoms with Crippen molar-refractivity contribution in [3.05, 3.63) is 140 Å². The molecule has 0 N–H and O–H groups in total. The van der Waals surface area contributed by atoms with Crippen LogP contribution >= 0.6 is 11.3 Å². The van der Waals surface area contributed by atoms with E-state index in [1.54, 1.807) is 11.3 Å². The van der Waals surface area contributed by atoms with E-state index in [4.69, 9.17) is 15.0 Å². The number of rotatable bonds is 3. The fourth-order valence-corrected chi connectivity index (χ4v) is 7.44.